The van der Waals surface area contributed by atoms with Crippen LogP contribution in [-0.2, 0) is 4.74 Å². The molecule has 1 saturated carbocycles. The molecule has 0 aliphatic heterocycles. The molecular formula is C15H22O2S. The number of methoxy groups -OCH3 is 1. The molecule has 1 fully saturated rings. The van der Waals surface area contributed by atoms with E-state index in [0.717, 1.165) is 17.7 Å². The Hall–Kier alpha value is -0.510. The van der Waals surface area contributed by atoms with Gasteiger partial charge in [0.2, 0.25) is 0 Å². The number of thioether (sulfide) groups is 1. The lowest BCUT2D eigenvalue weighted by Gasteiger charge is -2.31. The molecule has 0 radical (unpaired) electrons. The molecule has 2 rings (SSSR count). The van der Waals surface area contributed by atoms with Crippen LogP contribution in [0.5, 0.6) is 0 Å². The summed E-state index contributed by atoms with van der Waals surface area (Å²) >= 11 is 1.62. The molecule has 3 heteroatoms. The zero-order valence-corrected chi connectivity index (χ0v) is 11.7. The molecule has 1 aromatic carbocycles. The largest absolute Gasteiger partial charge is 0.389 e. The lowest BCUT2D eigenvalue weighted by Crippen LogP contribution is -2.33. The van der Waals surface area contributed by atoms with E-state index < -0.39 is 0 Å². The van der Waals surface area contributed by atoms with Crippen molar-refractivity contribution >= 4 is 11.8 Å². The first-order valence-electron chi connectivity index (χ1n) is 6.74. The van der Waals surface area contributed by atoms with Gasteiger partial charge in [-0.3, -0.25) is 0 Å². The first kappa shape index (κ1) is 13.9. The SMILES string of the molecule is CO[C@H](Sc1ccccc1)[C@@H](O)C1CCCCC1. The Kier molecular flexibility index (Phi) is 5.54. The van der Waals surface area contributed by atoms with Crippen LogP contribution in [0, 0.1) is 5.92 Å². The van der Waals surface area contributed by atoms with Crippen LogP contribution in [0.4, 0.5) is 0 Å². The van der Waals surface area contributed by atoms with E-state index in [2.05, 4.69) is 12.1 Å². The number of rotatable bonds is 5. The van der Waals surface area contributed by atoms with Crippen LogP contribution in [-0.4, -0.2) is 23.8 Å². The summed E-state index contributed by atoms with van der Waals surface area (Å²) in [4.78, 5) is 1.15. The van der Waals surface area contributed by atoms with Crippen molar-refractivity contribution in [3.63, 3.8) is 0 Å². The van der Waals surface area contributed by atoms with E-state index in [1.165, 1.54) is 19.3 Å². The zero-order valence-electron chi connectivity index (χ0n) is 10.9. The van der Waals surface area contributed by atoms with E-state index in [4.69, 9.17) is 4.74 Å². The Morgan fingerprint density at radius 3 is 2.44 bits per heavy atom. The van der Waals surface area contributed by atoms with Gasteiger partial charge in [0, 0.05) is 12.0 Å². The first-order chi connectivity index (χ1) is 8.81. The normalized spacial score (nSPS) is 20.6. The van der Waals surface area contributed by atoms with Gasteiger partial charge in [-0.05, 0) is 30.9 Å². The van der Waals surface area contributed by atoms with Gasteiger partial charge in [-0.25, -0.2) is 0 Å². The summed E-state index contributed by atoms with van der Waals surface area (Å²) in [6, 6.07) is 10.2. The van der Waals surface area contributed by atoms with Crippen LogP contribution in [0.3, 0.4) is 0 Å². The van der Waals surface area contributed by atoms with Crippen molar-refractivity contribution < 1.29 is 9.84 Å². The third kappa shape index (κ3) is 3.74. The summed E-state index contributed by atoms with van der Waals surface area (Å²) in [5.74, 6) is 0.403. The van der Waals surface area contributed by atoms with Crippen LogP contribution in [0.25, 0.3) is 0 Å². The maximum Gasteiger partial charge on any atom is 0.133 e. The van der Waals surface area contributed by atoms with Crippen LogP contribution >= 0.6 is 11.8 Å². The quantitative estimate of drug-likeness (QED) is 0.651. The zero-order chi connectivity index (χ0) is 12.8. The lowest BCUT2D eigenvalue weighted by atomic mass is 9.85. The van der Waals surface area contributed by atoms with E-state index in [1.54, 1.807) is 18.9 Å². The van der Waals surface area contributed by atoms with E-state index >= 15 is 0 Å². The summed E-state index contributed by atoms with van der Waals surface area (Å²) in [5.41, 5.74) is -0.157. The van der Waals surface area contributed by atoms with Gasteiger partial charge in [-0.15, -0.1) is 0 Å². The number of hydrogen-bond acceptors (Lipinski definition) is 3. The highest BCUT2D eigenvalue weighted by Gasteiger charge is 2.29. The van der Waals surface area contributed by atoms with Crippen LogP contribution in [0.2, 0.25) is 0 Å². The van der Waals surface area contributed by atoms with Gasteiger partial charge in [0.1, 0.15) is 5.44 Å². The number of aliphatic hydroxyl groups is 1. The minimum Gasteiger partial charge on any atom is -0.389 e. The molecule has 18 heavy (non-hydrogen) atoms. The molecule has 1 N–H and O–H groups in total. The van der Waals surface area contributed by atoms with Gasteiger partial charge in [0.15, 0.2) is 0 Å². The van der Waals surface area contributed by atoms with Gasteiger partial charge in [-0.2, -0.15) is 0 Å². The highest BCUT2D eigenvalue weighted by atomic mass is 32.2. The third-order valence-corrected chi connectivity index (χ3v) is 4.89. The van der Waals surface area contributed by atoms with Crippen LogP contribution < -0.4 is 0 Å². The molecule has 0 aromatic heterocycles. The topological polar surface area (TPSA) is 29.5 Å². The standard InChI is InChI=1S/C15H22O2S/c1-17-15(18-13-10-6-3-7-11-13)14(16)12-8-4-2-5-9-12/h3,6-7,10-12,14-16H,2,4-5,8-9H2,1H3/t14-,15+/m0/s1. The minimum absolute atomic E-state index is 0.157. The molecule has 2 atom stereocenters. The van der Waals surface area contributed by atoms with Crippen molar-refractivity contribution in [2.45, 2.75) is 48.5 Å². The summed E-state index contributed by atoms with van der Waals surface area (Å²) < 4.78 is 5.48. The number of ether oxygens (including phenoxy) is 1. The molecule has 0 bridgehead atoms. The summed E-state index contributed by atoms with van der Waals surface area (Å²) in [6.45, 7) is 0. The van der Waals surface area contributed by atoms with Gasteiger partial charge in [-0.1, -0.05) is 49.2 Å². The van der Waals surface area contributed by atoms with Gasteiger partial charge >= 0.3 is 0 Å². The Morgan fingerprint density at radius 1 is 1.17 bits per heavy atom. The second-order valence-corrected chi connectivity index (χ2v) is 6.10. The lowest BCUT2D eigenvalue weighted by molar-refractivity contribution is -0.00496. The monoisotopic (exact) mass is 266 g/mol. The van der Waals surface area contributed by atoms with Crippen LogP contribution in [0.1, 0.15) is 32.1 Å². The molecule has 100 valence electrons. The maximum atomic E-state index is 10.4. The average Bonchev–Trinajstić information content (AvgIpc) is 2.46. The molecule has 0 unspecified atom stereocenters. The first-order valence-corrected chi connectivity index (χ1v) is 7.62. The van der Waals surface area contributed by atoms with Crippen molar-refractivity contribution in [3.05, 3.63) is 30.3 Å². The molecular weight excluding hydrogens is 244 g/mol. The number of benzene rings is 1. The minimum atomic E-state index is -0.361. The van der Waals surface area contributed by atoms with Crippen molar-refractivity contribution in [1.29, 1.82) is 0 Å². The molecule has 0 amide bonds. The average molecular weight is 266 g/mol. The van der Waals surface area contributed by atoms with Crippen molar-refractivity contribution in [2.24, 2.45) is 5.92 Å². The predicted octanol–water partition coefficient (Wildman–Crippen LogP) is 3.69. The fourth-order valence-corrected chi connectivity index (χ4v) is 3.63. The van der Waals surface area contributed by atoms with E-state index in [1.807, 2.05) is 18.2 Å². The van der Waals surface area contributed by atoms with Gasteiger partial charge in [0.25, 0.3) is 0 Å². The van der Waals surface area contributed by atoms with Crippen LogP contribution in [0.15, 0.2) is 35.2 Å². The van der Waals surface area contributed by atoms with Gasteiger partial charge < -0.3 is 9.84 Å². The maximum absolute atomic E-state index is 10.4. The number of aliphatic hydroxyl groups excluding tert-OH is 1. The fraction of sp³-hybridized carbons (Fsp3) is 0.600. The summed E-state index contributed by atoms with van der Waals surface area (Å²) in [5, 5.41) is 10.4. The van der Waals surface area contributed by atoms with Crippen molar-refractivity contribution in [1.82, 2.24) is 0 Å². The Bertz CT molecular complexity index is 336. The third-order valence-electron chi connectivity index (χ3n) is 3.64. The van der Waals surface area contributed by atoms with Gasteiger partial charge in [0.05, 0.1) is 6.10 Å². The molecule has 0 heterocycles. The molecule has 1 aliphatic carbocycles. The Labute approximate surface area is 114 Å². The molecule has 0 saturated heterocycles. The van der Waals surface area contributed by atoms with Crippen molar-refractivity contribution in [2.75, 3.05) is 7.11 Å². The molecule has 2 nitrogen and oxygen atoms in total. The second kappa shape index (κ2) is 7.17. The Balaban J connectivity index is 1.94. The number of hydrogen-bond donors (Lipinski definition) is 1. The molecule has 1 aromatic rings. The Morgan fingerprint density at radius 2 is 1.83 bits per heavy atom. The predicted molar refractivity (Wildman–Crippen MR) is 75.7 cm³/mol. The highest BCUT2D eigenvalue weighted by Crippen LogP contribution is 2.34. The smallest absolute Gasteiger partial charge is 0.133 e. The molecule has 1 aliphatic rings. The highest BCUT2D eigenvalue weighted by molar-refractivity contribution is 7.99. The van der Waals surface area contributed by atoms with E-state index in [9.17, 15) is 5.11 Å². The summed E-state index contributed by atoms with van der Waals surface area (Å²) in [7, 11) is 1.69. The fourth-order valence-electron chi connectivity index (χ4n) is 2.59. The van der Waals surface area contributed by atoms with E-state index in [0.29, 0.717) is 5.92 Å². The summed E-state index contributed by atoms with van der Waals surface area (Å²) in [6.07, 6.45) is 5.71. The van der Waals surface area contributed by atoms with E-state index in [-0.39, 0.29) is 11.5 Å². The molecule has 0 spiro atoms. The second-order valence-electron chi connectivity index (χ2n) is 4.92. The van der Waals surface area contributed by atoms with Crippen molar-refractivity contribution in [3.8, 4) is 0 Å².